The molecule has 2 nitrogen and oxygen atoms in total. The molecule has 3 heteroatoms. The highest BCUT2D eigenvalue weighted by atomic mass is 32.1. The van der Waals surface area contributed by atoms with E-state index in [1.807, 2.05) is 18.4 Å². The maximum atomic E-state index is 4.69. The van der Waals surface area contributed by atoms with E-state index < -0.39 is 0 Å². The van der Waals surface area contributed by atoms with E-state index in [9.17, 15) is 0 Å². The van der Waals surface area contributed by atoms with E-state index in [1.54, 1.807) is 0 Å². The highest BCUT2D eigenvalue weighted by Gasteiger charge is 2.10. The van der Waals surface area contributed by atoms with Crippen LogP contribution < -0.4 is 5.32 Å². The number of likely N-dealkylation sites (N-methyl/N-ethyl adjacent to an activating group) is 1. The number of aromatic nitrogens is 1. The van der Waals surface area contributed by atoms with Crippen LogP contribution in [-0.4, -0.2) is 18.6 Å². The zero-order valence-corrected chi connectivity index (χ0v) is 11.4. The first-order chi connectivity index (χ1) is 8.22. The Kier molecular flexibility index (Phi) is 3.92. The van der Waals surface area contributed by atoms with Gasteiger partial charge in [0.05, 0.1) is 5.69 Å². The summed E-state index contributed by atoms with van der Waals surface area (Å²) in [5, 5.41) is 4.33. The van der Waals surface area contributed by atoms with E-state index in [4.69, 9.17) is 0 Å². The van der Waals surface area contributed by atoms with Crippen molar-refractivity contribution in [3.63, 3.8) is 0 Å². The van der Waals surface area contributed by atoms with Gasteiger partial charge in [-0.05, 0) is 39.4 Å². The lowest BCUT2D eigenvalue weighted by atomic mass is 10.1. The fourth-order valence-corrected chi connectivity index (χ4v) is 2.98. The zero-order chi connectivity index (χ0) is 12.3. The van der Waals surface area contributed by atoms with Gasteiger partial charge in [-0.2, -0.15) is 0 Å². The fraction of sp³-hybridized carbons (Fsp3) is 0.357. The Morgan fingerprint density at radius 2 is 2.00 bits per heavy atom. The summed E-state index contributed by atoms with van der Waals surface area (Å²) in [6.07, 6.45) is 1.06. The average molecular weight is 246 g/mol. The van der Waals surface area contributed by atoms with Crippen LogP contribution in [0.2, 0.25) is 0 Å². The minimum atomic E-state index is 1.01. The van der Waals surface area contributed by atoms with Crippen LogP contribution in [0.4, 0.5) is 0 Å². The van der Waals surface area contributed by atoms with Gasteiger partial charge >= 0.3 is 0 Å². The molecule has 0 atom stereocenters. The van der Waals surface area contributed by atoms with Crippen LogP contribution in [0.15, 0.2) is 24.3 Å². The molecule has 0 amide bonds. The molecule has 1 aromatic heterocycles. The third kappa shape index (κ3) is 2.73. The molecule has 0 bridgehead atoms. The molecule has 0 spiro atoms. The number of aryl methyl sites for hydroxylation is 2. The molecular weight excluding hydrogens is 228 g/mol. The van der Waals surface area contributed by atoms with E-state index >= 15 is 0 Å². The molecule has 0 saturated carbocycles. The van der Waals surface area contributed by atoms with Crippen LogP contribution in [0.25, 0.3) is 10.6 Å². The third-order valence-corrected chi connectivity index (χ3v) is 4.12. The summed E-state index contributed by atoms with van der Waals surface area (Å²) in [7, 11) is 1.98. The lowest BCUT2D eigenvalue weighted by Crippen LogP contribution is -2.09. The summed E-state index contributed by atoms with van der Waals surface area (Å²) in [6, 6.07) is 8.43. The number of hydrogen-bond acceptors (Lipinski definition) is 3. The van der Waals surface area contributed by atoms with Crippen molar-refractivity contribution >= 4 is 11.3 Å². The van der Waals surface area contributed by atoms with Crippen molar-refractivity contribution in [2.45, 2.75) is 20.3 Å². The SMILES string of the molecule is CNCCc1sc(-c2ccccc2C)nc1C. The molecule has 0 unspecified atom stereocenters. The lowest BCUT2D eigenvalue weighted by Gasteiger charge is -2.00. The van der Waals surface area contributed by atoms with Crippen molar-refractivity contribution in [1.29, 1.82) is 0 Å². The Labute approximate surface area is 107 Å². The molecule has 17 heavy (non-hydrogen) atoms. The summed E-state index contributed by atoms with van der Waals surface area (Å²) in [4.78, 5) is 6.07. The van der Waals surface area contributed by atoms with Crippen molar-refractivity contribution in [3.05, 3.63) is 40.4 Å². The number of hydrogen-bond donors (Lipinski definition) is 1. The maximum absolute atomic E-state index is 4.69. The quantitative estimate of drug-likeness (QED) is 0.896. The second kappa shape index (κ2) is 5.43. The Balaban J connectivity index is 2.31. The van der Waals surface area contributed by atoms with E-state index in [0.717, 1.165) is 18.0 Å². The maximum Gasteiger partial charge on any atom is 0.124 e. The summed E-state index contributed by atoms with van der Waals surface area (Å²) in [5.41, 5.74) is 3.72. The molecule has 0 aliphatic carbocycles. The molecule has 1 N–H and O–H groups in total. The van der Waals surface area contributed by atoms with Crippen molar-refractivity contribution in [2.24, 2.45) is 0 Å². The summed E-state index contributed by atoms with van der Waals surface area (Å²) in [6.45, 7) is 5.25. The molecule has 90 valence electrons. The van der Waals surface area contributed by atoms with Crippen LogP contribution in [0.5, 0.6) is 0 Å². The minimum Gasteiger partial charge on any atom is -0.319 e. The Hall–Kier alpha value is -1.19. The topological polar surface area (TPSA) is 24.9 Å². The van der Waals surface area contributed by atoms with Gasteiger partial charge in [0, 0.05) is 10.4 Å². The van der Waals surface area contributed by atoms with Crippen molar-refractivity contribution in [3.8, 4) is 10.6 Å². The first-order valence-corrected chi connectivity index (χ1v) is 6.71. The van der Waals surface area contributed by atoms with Crippen molar-refractivity contribution in [1.82, 2.24) is 10.3 Å². The number of thiazole rings is 1. The number of nitrogens with one attached hydrogen (secondary N) is 1. The first-order valence-electron chi connectivity index (χ1n) is 5.89. The zero-order valence-electron chi connectivity index (χ0n) is 10.6. The predicted octanol–water partition coefficient (Wildman–Crippen LogP) is 3.19. The molecule has 1 heterocycles. The summed E-state index contributed by atoms with van der Waals surface area (Å²) < 4.78 is 0. The summed E-state index contributed by atoms with van der Waals surface area (Å²) >= 11 is 1.82. The van der Waals surface area contributed by atoms with Crippen LogP contribution in [0, 0.1) is 13.8 Å². The molecule has 0 radical (unpaired) electrons. The van der Waals surface area contributed by atoms with E-state index in [1.165, 1.54) is 21.7 Å². The molecule has 0 fully saturated rings. The molecule has 0 aliphatic heterocycles. The molecule has 2 rings (SSSR count). The molecule has 2 aromatic rings. The second-order valence-electron chi connectivity index (χ2n) is 4.20. The average Bonchev–Trinajstić information content (AvgIpc) is 2.68. The molecule has 1 aromatic carbocycles. The van der Waals surface area contributed by atoms with Gasteiger partial charge in [-0.3, -0.25) is 0 Å². The highest BCUT2D eigenvalue weighted by Crippen LogP contribution is 2.30. The second-order valence-corrected chi connectivity index (χ2v) is 5.28. The smallest absolute Gasteiger partial charge is 0.124 e. The van der Waals surface area contributed by atoms with E-state index in [0.29, 0.717) is 0 Å². The standard InChI is InChI=1S/C14H18N2S/c1-10-6-4-5-7-12(10)14-16-11(2)13(17-14)8-9-15-3/h4-7,15H,8-9H2,1-3H3. The van der Waals surface area contributed by atoms with Gasteiger partial charge in [-0.1, -0.05) is 24.3 Å². The van der Waals surface area contributed by atoms with Crippen LogP contribution in [0.3, 0.4) is 0 Å². The van der Waals surface area contributed by atoms with Crippen molar-refractivity contribution < 1.29 is 0 Å². The van der Waals surface area contributed by atoms with Gasteiger partial charge in [0.2, 0.25) is 0 Å². The number of nitrogens with zero attached hydrogens (tertiary/aromatic N) is 1. The molecule has 0 saturated heterocycles. The third-order valence-electron chi connectivity index (χ3n) is 2.87. The number of rotatable bonds is 4. The predicted molar refractivity (Wildman–Crippen MR) is 74.7 cm³/mol. The van der Waals surface area contributed by atoms with E-state index in [2.05, 4.69) is 48.4 Å². The van der Waals surface area contributed by atoms with E-state index in [-0.39, 0.29) is 0 Å². The minimum absolute atomic E-state index is 1.01. The molecular formula is C14H18N2S. The van der Waals surface area contributed by atoms with Gasteiger partial charge < -0.3 is 5.32 Å². The monoisotopic (exact) mass is 246 g/mol. The first kappa shape index (κ1) is 12.3. The Bertz CT molecular complexity index is 503. The van der Waals surface area contributed by atoms with Crippen molar-refractivity contribution in [2.75, 3.05) is 13.6 Å². The Morgan fingerprint density at radius 3 is 2.71 bits per heavy atom. The van der Waals surface area contributed by atoms with Gasteiger partial charge in [0.25, 0.3) is 0 Å². The fourth-order valence-electron chi connectivity index (χ4n) is 1.83. The van der Waals surface area contributed by atoms with Gasteiger partial charge in [-0.25, -0.2) is 4.98 Å². The number of benzene rings is 1. The lowest BCUT2D eigenvalue weighted by molar-refractivity contribution is 0.795. The largest absolute Gasteiger partial charge is 0.319 e. The van der Waals surface area contributed by atoms with Gasteiger partial charge in [-0.15, -0.1) is 11.3 Å². The van der Waals surface area contributed by atoms with Gasteiger partial charge in [0.15, 0.2) is 0 Å². The van der Waals surface area contributed by atoms with Gasteiger partial charge in [0.1, 0.15) is 5.01 Å². The molecule has 0 aliphatic rings. The van der Waals surface area contributed by atoms with Crippen LogP contribution in [-0.2, 0) is 6.42 Å². The normalized spacial score (nSPS) is 10.8. The Morgan fingerprint density at radius 1 is 1.24 bits per heavy atom. The highest BCUT2D eigenvalue weighted by molar-refractivity contribution is 7.15. The van der Waals surface area contributed by atoms with Crippen LogP contribution in [0.1, 0.15) is 16.1 Å². The summed E-state index contributed by atoms with van der Waals surface area (Å²) in [5.74, 6) is 0. The van der Waals surface area contributed by atoms with Crippen LogP contribution >= 0.6 is 11.3 Å².